The van der Waals surface area contributed by atoms with Crippen molar-refractivity contribution in [2.24, 2.45) is 5.16 Å². The average Bonchev–Trinajstić information content (AvgIpc) is 2.99. The van der Waals surface area contributed by atoms with Crippen LogP contribution in [0.2, 0.25) is 10.0 Å². The van der Waals surface area contributed by atoms with Gasteiger partial charge in [-0.15, -0.1) is 0 Å². The first-order valence-corrected chi connectivity index (χ1v) is 8.01. The molecule has 1 aliphatic heterocycles. The van der Waals surface area contributed by atoms with E-state index in [2.05, 4.69) is 10.5 Å². The Bertz CT molecular complexity index is 671. The van der Waals surface area contributed by atoms with Gasteiger partial charge in [0, 0.05) is 22.0 Å². The van der Waals surface area contributed by atoms with Gasteiger partial charge in [0.25, 0.3) is 0 Å². The van der Waals surface area contributed by atoms with Crippen molar-refractivity contribution in [3.8, 4) is 0 Å². The Kier molecular flexibility index (Phi) is 4.98. The van der Waals surface area contributed by atoms with Crippen molar-refractivity contribution in [2.45, 2.75) is 19.1 Å². The third-order valence-electron chi connectivity index (χ3n) is 3.66. The van der Waals surface area contributed by atoms with E-state index in [-0.39, 0.29) is 6.10 Å². The summed E-state index contributed by atoms with van der Waals surface area (Å²) in [6.07, 6.45) is 0.925. The molecule has 5 heteroatoms. The molecule has 0 unspecified atom stereocenters. The van der Waals surface area contributed by atoms with E-state index in [0.29, 0.717) is 0 Å². The van der Waals surface area contributed by atoms with Crippen molar-refractivity contribution in [2.75, 3.05) is 6.54 Å². The molecule has 114 valence electrons. The molecule has 0 saturated heterocycles. The van der Waals surface area contributed by atoms with Gasteiger partial charge in [-0.25, -0.2) is 0 Å². The lowest BCUT2D eigenvalue weighted by molar-refractivity contribution is -0.676. The van der Waals surface area contributed by atoms with E-state index >= 15 is 0 Å². The number of hydrogen-bond acceptors (Lipinski definition) is 2. The normalized spacial score (nSPS) is 17.2. The van der Waals surface area contributed by atoms with Crippen LogP contribution in [0.5, 0.6) is 0 Å². The highest BCUT2D eigenvalue weighted by Gasteiger charge is 2.23. The lowest BCUT2D eigenvalue weighted by atomic mass is 10.1. The fraction of sp³-hybridized carbons (Fsp3) is 0.235. The molecule has 2 aromatic carbocycles. The van der Waals surface area contributed by atoms with Crippen molar-refractivity contribution < 1.29 is 10.2 Å². The number of rotatable bonds is 5. The summed E-state index contributed by atoms with van der Waals surface area (Å²) in [6, 6.07) is 15.6. The highest BCUT2D eigenvalue weighted by Crippen LogP contribution is 2.18. The van der Waals surface area contributed by atoms with Crippen LogP contribution >= 0.6 is 23.2 Å². The molecule has 1 aliphatic rings. The molecule has 0 bridgehead atoms. The lowest BCUT2D eigenvalue weighted by Crippen LogP contribution is -2.84. The lowest BCUT2D eigenvalue weighted by Gasteiger charge is -2.08. The van der Waals surface area contributed by atoms with Crippen LogP contribution in [0.3, 0.4) is 0 Å². The maximum Gasteiger partial charge on any atom is 0.181 e. The molecule has 1 atom stereocenters. The van der Waals surface area contributed by atoms with Crippen molar-refractivity contribution in [3.05, 3.63) is 69.7 Å². The number of oxime groups is 1. The molecular formula is C17H17Cl2N2O+. The van der Waals surface area contributed by atoms with Gasteiger partial charge in [0.15, 0.2) is 6.10 Å². The fourth-order valence-corrected chi connectivity index (χ4v) is 2.80. The monoisotopic (exact) mass is 335 g/mol. The molecule has 0 aliphatic carbocycles. The highest BCUT2D eigenvalue weighted by molar-refractivity contribution is 6.31. The first-order chi connectivity index (χ1) is 10.7. The number of nitrogens with zero attached hydrogens (tertiary/aromatic N) is 1. The largest absolute Gasteiger partial charge is 0.386 e. The van der Waals surface area contributed by atoms with Crippen LogP contribution in [0.25, 0.3) is 0 Å². The van der Waals surface area contributed by atoms with Crippen molar-refractivity contribution in [1.29, 1.82) is 0 Å². The van der Waals surface area contributed by atoms with E-state index in [1.54, 1.807) is 0 Å². The number of quaternary nitrogens is 1. The summed E-state index contributed by atoms with van der Waals surface area (Å²) in [7, 11) is 0. The molecular weight excluding hydrogens is 319 g/mol. The number of hydrogen-bond donors (Lipinski definition) is 1. The van der Waals surface area contributed by atoms with Gasteiger partial charge in [0.05, 0.1) is 5.71 Å². The Balaban J connectivity index is 1.48. The summed E-state index contributed by atoms with van der Waals surface area (Å²) < 4.78 is 0. The second-order valence-corrected chi connectivity index (χ2v) is 6.14. The van der Waals surface area contributed by atoms with Crippen LogP contribution in [0, 0.1) is 0 Å². The second kappa shape index (κ2) is 7.14. The minimum atomic E-state index is 0.105. The topological polar surface area (TPSA) is 38.2 Å². The molecule has 1 heterocycles. The summed E-state index contributed by atoms with van der Waals surface area (Å²) >= 11 is 12.1. The van der Waals surface area contributed by atoms with E-state index in [0.717, 1.165) is 46.4 Å². The number of benzene rings is 2. The van der Waals surface area contributed by atoms with E-state index < -0.39 is 0 Å². The maximum atomic E-state index is 6.15. The molecule has 2 aromatic rings. The van der Waals surface area contributed by atoms with Gasteiger partial charge >= 0.3 is 0 Å². The maximum absolute atomic E-state index is 6.15. The average molecular weight is 336 g/mol. The molecule has 0 aromatic heterocycles. The van der Waals surface area contributed by atoms with E-state index in [9.17, 15) is 0 Å². The Morgan fingerprint density at radius 3 is 2.64 bits per heavy atom. The second-order valence-electron chi connectivity index (χ2n) is 5.30. The first kappa shape index (κ1) is 15.3. The zero-order valence-corrected chi connectivity index (χ0v) is 13.5. The van der Waals surface area contributed by atoms with Crippen molar-refractivity contribution in [1.82, 2.24) is 0 Å². The Morgan fingerprint density at radius 1 is 1.09 bits per heavy atom. The smallest absolute Gasteiger partial charge is 0.181 e. The van der Waals surface area contributed by atoms with Crippen LogP contribution in [0.4, 0.5) is 0 Å². The van der Waals surface area contributed by atoms with Gasteiger partial charge in [0.1, 0.15) is 13.1 Å². The molecule has 0 fully saturated rings. The van der Waals surface area contributed by atoms with Gasteiger partial charge in [-0.05, 0) is 23.8 Å². The summed E-state index contributed by atoms with van der Waals surface area (Å²) in [5.41, 5.74) is 3.19. The fourth-order valence-electron chi connectivity index (χ4n) is 2.46. The summed E-state index contributed by atoms with van der Waals surface area (Å²) in [6.45, 7) is 1.70. The van der Waals surface area contributed by atoms with Gasteiger partial charge in [-0.1, -0.05) is 58.7 Å². The van der Waals surface area contributed by atoms with Crippen LogP contribution < -0.4 is 5.32 Å². The van der Waals surface area contributed by atoms with Gasteiger partial charge in [0.2, 0.25) is 0 Å². The number of halogens is 2. The Morgan fingerprint density at radius 2 is 1.86 bits per heavy atom. The molecule has 2 N–H and O–H groups in total. The quantitative estimate of drug-likeness (QED) is 0.894. The zero-order chi connectivity index (χ0) is 15.4. The van der Waals surface area contributed by atoms with E-state index in [1.807, 2.05) is 48.5 Å². The molecule has 0 radical (unpaired) electrons. The van der Waals surface area contributed by atoms with Crippen LogP contribution in [-0.4, -0.2) is 18.4 Å². The van der Waals surface area contributed by atoms with Gasteiger partial charge in [-0.3, -0.25) is 0 Å². The molecule has 3 rings (SSSR count). The van der Waals surface area contributed by atoms with Crippen LogP contribution in [0.1, 0.15) is 17.5 Å². The summed E-state index contributed by atoms with van der Waals surface area (Å²) in [5, 5.41) is 7.93. The summed E-state index contributed by atoms with van der Waals surface area (Å²) in [4.78, 5) is 5.51. The SMILES string of the molecule is Clc1ccc(C2=NO[C@@H](C[NH2+]Cc3ccccc3Cl)C2)cc1. The van der Waals surface area contributed by atoms with Gasteiger partial charge in [-0.2, -0.15) is 0 Å². The predicted molar refractivity (Wildman–Crippen MR) is 89.4 cm³/mol. The van der Waals surface area contributed by atoms with E-state index in [1.165, 1.54) is 0 Å². The molecule has 22 heavy (non-hydrogen) atoms. The third kappa shape index (κ3) is 3.80. The minimum absolute atomic E-state index is 0.105. The van der Waals surface area contributed by atoms with Crippen molar-refractivity contribution >= 4 is 28.9 Å². The summed E-state index contributed by atoms with van der Waals surface area (Å²) in [5.74, 6) is 0. The van der Waals surface area contributed by atoms with Crippen molar-refractivity contribution in [3.63, 3.8) is 0 Å². The van der Waals surface area contributed by atoms with Gasteiger partial charge < -0.3 is 10.2 Å². The molecule has 0 saturated carbocycles. The number of nitrogens with two attached hydrogens (primary N) is 1. The molecule has 3 nitrogen and oxygen atoms in total. The van der Waals surface area contributed by atoms with Crippen LogP contribution in [-0.2, 0) is 11.4 Å². The molecule has 0 spiro atoms. The zero-order valence-electron chi connectivity index (χ0n) is 12.0. The van der Waals surface area contributed by atoms with E-state index in [4.69, 9.17) is 28.0 Å². The highest BCUT2D eigenvalue weighted by atomic mass is 35.5. The third-order valence-corrected chi connectivity index (χ3v) is 4.28. The Labute approximate surface area is 139 Å². The standard InChI is InChI=1S/C17H16Cl2N2O/c18-14-7-5-12(6-8-14)17-9-15(22-21-17)11-20-10-13-3-1-2-4-16(13)19/h1-8,15,20H,9-11H2/p+1/t15-/m1/s1. The Hall–Kier alpha value is -1.55. The predicted octanol–water partition coefficient (Wildman–Crippen LogP) is 3.25. The van der Waals surface area contributed by atoms with Crippen LogP contribution in [0.15, 0.2) is 53.7 Å². The minimum Gasteiger partial charge on any atom is -0.386 e. The molecule has 0 amide bonds. The first-order valence-electron chi connectivity index (χ1n) is 7.26.